The van der Waals surface area contributed by atoms with Crippen LogP contribution in [0.4, 0.5) is 20.2 Å². The predicted octanol–water partition coefficient (Wildman–Crippen LogP) is 5.59. The number of carbonyl (C=O) groups excluding carboxylic acids is 1. The van der Waals surface area contributed by atoms with E-state index in [1.807, 2.05) is 18.2 Å². The standard InChI is InChI=1S/C26H20F2N2O4S/c27-19-6-12-22(13-7-19)30(35(32,33)25-16-8-20(28)9-17-25)18-26(31)29-21-10-14-24(15-11-21)34-23-4-2-1-3-5-23/h1-17H,18H2,(H,29,31). The summed E-state index contributed by atoms with van der Waals surface area (Å²) in [5, 5.41) is 2.64. The first-order valence-corrected chi connectivity index (χ1v) is 11.9. The van der Waals surface area contributed by atoms with Crippen LogP contribution in [0.1, 0.15) is 0 Å². The third-order valence-electron chi connectivity index (χ3n) is 4.92. The van der Waals surface area contributed by atoms with Gasteiger partial charge in [0.2, 0.25) is 5.91 Å². The van der Waals surface area contributed by atoms with E-state index in [1.54, 1.807) is 36.4 Å². The smallest absolute Gasteiger partial charge is 0.264 e. The maximum Gasteiger partial charge on any atom is 0.264 e. The summed E-state index contributed by atoms with van der Waals surface area (Å²) in [5.74, 6) is -0.576. The Morgan fingerprint density at radius 2 is 1.29 bits per heavy atom. The SMILES string of the molecule is O=C(CN(c1ccc(F)cc1)S(=O)(=O)c1ccc(F)cc1)Nc1ccc(Oc2ccccc2)cc1. The summed E-state index contributed by atoms with van der Waals surface area (Å²) in [6.45, 7) is -0.590. The fourth-order valence-electron chi connectivity index (χ4n) is 3.22. The van der Waals surface area contributed by atoms with Crippen LogP contribution in [0.5, 0.6) is 11.5 Å². The zero-order valence-electron chi connectivity index (χ0n) is 18.3. The molecule has 0 saturated carbocycles. The van der Waals surface area contributed by atoms with Crippen molar-refractivity contribution in [2.45, 2.75) is 4.90 Å². The molecule has 9 heteroatoms. The lowest BCUT2D eigenvalue weighted by Crippen LogP contribution is -2.38. The molecule has 4 aromatic rings. The highest BCUT2D eigenvalue weighted by molar-refractivity contribution is 7.92. The maximum absolute atomic E-state index is 13.4. The Hall–Kier alpha value is -4.24. The van der Waals surface area contributed by atoms with E-state index >= 15 is 0 Å². The Labute approximate surface area is 201 Å². The number of ether oxygens (including phenoxy) is 1. The number of amides is 1. The summed E-state index contributed by atoms with van der Waals surface area (Å²) < 4.78 is 59.8. The first kappa shape index (κ1) is 23.9. The number of rotatable bonds is 8. The van der Waals surface area contributed by atoms with Gasteiger partial charge in [-0.05, 0) is 84.9 Å². The van der Waals surface area contributed by atoms with E-state index in [-0.39, 0.29) is 10.6 Å². The van der Waals surface area contributed by atoms with E-state index < -0.39 is 34.1 Å². The highest BCUT2D eigenvalue weighted by Crippen LogP contribution is 2.25. The lowest BCUT2D eigenvalue weighted by atomic mass is 10.3. The Balaban J connectivity index is 1.52. The maximum atomic E-state index is 13.4. The molecule has 35 heavy (non-hydrogen) atoms. The van der Waals surface area contributed by atoms with E-state index in [4.69, 9.17) is 4.74 Å². The van der Waals surface area contributed by atoms with Crippen molar-refractivity contribution in [2.75, 3.05) is 16.2 Å². The van der Waals surface area contributed by atoms with Crippen LogP contribution >= 0.6 is 0 Å². The molecule has 0 bridgehead atoms. The number of benzene rings is 4. The van der Waals surface area contributed by atoms with Crippen LogP contribution in [0.3, 0.4) is 0 Å². The van der Waals surface area contributed by atoms with E-state index in [1.165, 1.54) is 12.1 Å². The molecule has 0 saturated heterocycles. The molecule has 0 aliphatic carbocycles. The van der Waals surface area contributed by atoms with Crippen molar-refractivity contribution in [3.05, 3.63) is 115 Å². The fraction of sp³-hybridized carbons (Fsp3) is 0.0385. The fourth-order valence-corrected chi connectivity index (χ4v) is 4.64. The second-order valence-corrected chi connectivity index (χ2v) is 9.29. The van der Waals surface area contributed by atoms with Crippen LogP contribution in [0, 0.1) is 11.6 Å². The van der Waals surface area contributed by atoms with Crippen molar-refractivity contribution in [2.24, 2.45) is 0 Å². The first-order valence-electron chi connectivity index (χ1n) is 10.5. The van der Waals surface area contributed by atoms with Crippen molar-refractivity contribution in [1.29, 1.82) is 0 Å². The zero-order chi connectivity index (χ0) is 24.8. The van der Waals surface area contributed by atoms with Crippen LogP contribution in [-0.4, -0.2) is 20.9 Å². The second kappa shape index (κ2) is 10.4. The van der Waals surface area contributed by atoms with Crippen LogP contribution in [-0.2, 0) is 14.8 Å². The molecule has 0 aromatic heterocycles. The average Bonchev–Trinajstić information content (AvgIpc) is 2.85. The number of halogens is 2. The van der Waals surface area contributed by atoms with E-state index in [9.17, 15) is 22.0 Å². The second-order valence-electron chi connectivity index (χ2n) is 7.43. The largest absolute Gasteiger partial charge is 0.457 e. The molecule has 0 spiro atoms. The predicted molar refractivity (Wildman–Crippen MR) is 129 cm³/mol. The molecule has 6 nitrogen and oxygen atoms in total. The Bertz CT molecular complexity index is 1390. The zero-order valence-corrected chi connectivity index (χ0v) is 19.1. The van der Waals surface area contributed by atoms with Gasteiger partial charge in [0.15, 0.2) is 0 Å². The molecule has 0 fully saturated rings. The molecular formula is C26H20F2N2O4S. The van der Waals surface area contributed by atoms with Crippen molar-refractivity contribution in [3.8, 4) is 11.5 Å². The minimum Gasteiger partial charge on any atom is -0.457 e. The molecule has 4 aromatic carbocycles. The monoisotopic (exact) mass is 494 g/mol. The van der Waals surface area contributed by atoms with Crippen LogP contribution in [0.2, 0.25) is 0 Å². The number of nitrogens with one attached hydrogen (secondary N) is 1. The van der Waals surface area contributed by atoms with Gasteiger partial charge < -0.3 is 10.1 Å². The van der Waals surface area contributed by atoms with Gasteiger partial charge >= 0.3 is 0 Å². The molecule has 0 atom stereocenters. The molecule has 0 radical (unpaired) electrons. The molecule has 0 unspecified atom stereocenters. The summed E-state index contributed by atoms with van der Waals surface area (Å²) in [4.78, 5) is 12.6. The van der Waals surface area contributed by atoms with Gasteiger partial charge in [-0.2, -0.15) is 0 Å². The van der Waals surface area contributed by atoms with Crippen LogP contribution < -0.4 is 14.4 Å². The summed E-state index contributed by atoms with van der Waals surface area (Å²) in [5.41, 5.74) is 0.506. The summed E-state index contributed by atoms with van der Waals surface area (Å²) >= 11 is 0. The van der Waals surface area contributed by atoms with Crippen molar-refractivity contribution < 1.29 is 26.7 Å². The minimum absolute atomic E-state index is 0.0810. The number of carbonyl (C=O) groups is 1. The number of hydrogen-bond acceptors (Lipinski definition) is 4. The minimum atomic E-state index is -4.25. The topological polar surface area (TPSA) is 75.7 Å². The van der Waals surface area contributed by atoms with Crippen molar-refractivity contribution >= 4 is 27.3 Å². The van der Waals surface area contributed by atoms with E-state index in [0.29, 0.717) is 17.2 Å². The first-order chi connectivity index (χ1) is 16.8. The van der Waals surface area contributed by atoms with Gasteiger partial charge in [0, 0.05) is 5.69 Å². The molecule has 4 rings (SSSR count). The molecule has 1 amide bonds. The Morgan fingerprint density at radius 3 is 1.89 bits per heavy atom. The van der Waals surface area contributed by atoms with Crippen LogP contribution in [0.25, 0.3) is 0 Å². The molecule has 0 aliphatic rings. The Kier molecular flexibility index (Phi) is 7.07. The summed E-state index contributed by atoms with van der Waals surface area (Å²) in [6, 6.07) is 24.6. The molecule has 0 heterocycles. The normalized spacial score (nSPS) is 11.0. The quantitative estimate of drug-likeness (QED) is 0.346. The number of para-hydroxylation sites is 1. The Morgan fingerprint density at radius 1 is 0.743 bits per heavy atom. The lowest BCUT2D eigenvalue weighted by Gasteiger charge is -2.24. The summed E-state index contributed by atoms with van der Waals surface area (Å²) in [7, 11) is -4.25. The highest BCUT2D eigenvalue weighted by atomic mass is 32.2. The van der Waals surface area contributed by atoms with Crippen LogP contribution in [0.15, 0.2) is 108 Å². The third kappa shape index (κ3) is 6.01. The van der Waals surface area contributed by atoms with Gasteiger partial charge in [-0.25, -0.2) is 17.2 Å². The van der Waals surface area contributed by atoms with Crippen molar-refractivity contribution in [1.82, 2.24) is 0 Å². The van der Waals surface area contributed by atoms with E-state index in [2.05, 4.69) is 5.32 Å². The molecule has 1 N–H and O–H groups in total. The average molecular weight is 495 g/mol. The number of sulfonamides is 1. The van der Waals surface area contributed by atoms with E-state index in [0.717, 1.165) is 40.7 Å². The number of nitrogens with zero attached hydrogens (tertiary/aromatic N) is 1. The third-order valence-corrected chi connectivity index (χ3v) is 6.71. The molecule has 178 valence electrons. The van der Waals surface area contributed by atoms with Gasteiger partial charge in [-0.1, -0.05) is 18.2 Å². The van der Waals surface area contributed by atoms with Gasteiger partial charge in [-0.15, -0.1) is 0 Å². The molecular weight excluding hydrogens is 474 g/mol. The lowest BCUT2D eigenvalue weighted by molar-refractivity contribution is -0.114. The van der Waals surface area contributed by atoms with Gasteiger partial charge in [0.05, 0.1) is 10.6 Å². The summed E-state index contributed by atoms with van der Waals surface area (Å²) in [6.07, 6.45) is 0. The van der Waals surface area contributed by atoms with Gasteiger partial charge in [0.1, 0.15) is 29.7 Å². The number of anilines is 2. The molecule has 0 aliphatic heterocycles. The van der Waals surface area contributed by atoms with Crippen molar-refractivity contribution in [3.63, 3.8) is 0 Å². The number of hydrogen-bond donors (Lipinski definition) is 1. The highest BCUT2D eigenvalue weighted by Gasteiger charge is 2.27. The van der Waals surface area contributed by atoms with Gasteiger partial charge in [-0.3, -0.25) is 9.10 Å². The van der Waals surface area contributed by atoms with Gasteiger partial charge in [0.25, 0.3) is 10.0 Å².